The number of guanidine groups is 2. The van der Waals surface area contributed by atoms with E-state index in [-0.39, 0.29) is 64.9 Å². The number of aliphatic imine (C=N–C) groups is 2. The van der Waals surface area contributed by atoms with Crippen LogP contribution in [0.4, 0.5) is 22.7 Å². The van der Waals surface area contributed by atoms with Crippen molar-refractivity contribution in [1.29, 1.82) is 0 Å². The summed E-state index contributed by atoms with van der Waals surface area (Å²) in [5, 5.41) is 10.8. The number of halogens is 2. The van der Waals surface area contributed by atoms with Crippen molar-refractivity contribution in [1.82, 2.24) is 9.97 Å². The molecular formula is C34H46Br2N14O6S2. The van der Waals surface area contributed by atoms with E-state index in [4.69, 9.17) is 34.4 Å². The summed E-state index contributed by atoms with van der Waals surface area (Å²) < 4.78 is 27.9. The van der Waals surface area contributed by atoms with Crippen LogP contribution >= 0.6 is 43.6 Å². The van der Waals surface area contributed by atoms with Crippen LogP contribution in [0.5, 0.6) is 0 Å². The van der Waals surface area contributed by atoms with Crippen LogP contribution < -0.4 is 55.7 Å². The Morgan fingerprint density at radius 3 is 1.59 bits per heavy atom. The number of benzene rings is 2. The number of anilines is 4. The summed E-state index contributed by atoms with van der Waals surface area (Å²) in [7, 11) is -4.16. The van der Waals surface area contributed by atoms with Gasteiger partial charge in [0, 0.05) is 59.8 Å². The zero-order valence-corrected chi connectivity index (χ0v) is 36.0. The summed E-state index contributed by atoms with van der Waals surface area (Å²) in [5.41, 5.74) is 32.7. The number of hydrogen-bond acceptors (Lipinski definition) is 13. The van der Waals surface area contributed by atoms with E-state index < -0.39 is 33.3 Å². The lowest BCUT2D eigenvalue weighted by Crippen LogP contribution is -2.23. The van der Waals surface area contributed by atoms with E-state index in [1.807, 2.05) is 0 Å². The van der Waals surface area contributed by atoms with Gasteiger partial charge in [-0.25, -0.2) is 18.4 Å². The molecule has 24 heteroatoms. The molecule has 0 unspecified atom stereocenters. The number of hydrogen-bond donors (Lipinski definition) is 10. The van der Waals surface area contributed by atoms with Crippen molar-refractivity contribution >= 4 is 112 Å². The minimum atomic E-state index is -4.16. The van der Waals surface area contributed by atoms with Crippen LogP contribution in [0.2, 0.25) is 0 Å². The highest BCUT2D eigenvalue weighted by atomic mass is 79.9. The number of amides is 4. The number of unbranched alkanes of at least 4 members (excludes halogenated alkanes) is 2. The molecule has 0 radical (unpaired) electrons. The number of thioether (sulfide) groups is 1. The number of sulfone groups is 1. The molecular weight excluding hydrogens is 924 g/mol. The van der Waals surface area contributed by atoms with Gasteiger partial charge in [0.2, 0.25) is 11.8 Å². The molecule has 0 spiro atoms. The summed E-state index contributed by atoms with van der Waals surface area (Å²) in [6, 6.07) is 7.18. The van der Waals surface area contributed by atoms with Crippen molar-refractivity contribution in [2.45, 2.75) is 48.3 Å². The topological polar surface area (TPSA) is 357 Å². The van der Waals surface area contributed by atoms with Crippen LogP contribution in [0.15, 0.2) is 65.4 Å². The average molecular weight is 971 g/mol. The van der Waals surface area contributed by atoms with Gasteiger partial charge in [-0.2, -0.15) is 0 Å². The van der Waals surface area contributed by atoms with Crippen LogP contribution in [0.25, 0.3) is 0 Å². The third kappa shape index (κ3) is 15.5. The smallest absolute Gasteiger partial charge is 0.274 e. The molecule has 16 N–H and O–H groups in total. The summed E-state index contributed by atoms with van der Waals surface area (Å²) in [5.74, 6) is -2.51. The van der Waals surface area contributed by atoms with Gasteiger partial charge >= 0.3 is 0 Å². The molecule has 0 aliphatic rings. The van der Waals surface area contributed by atoms with E-state index in [9.17, 15) is 27.6 Å². The molecule has 0 saturated heterocycles. The van der Waals surface area contributed by atoms with E-state index in [1.54, 1.807) is 12.1 Å². The second-order valence-corrected chi connectivity index (χ2v) is 17.2. The fraction of sp³-hybridized carbons (Fsp3) is 0.353. The standard InChI is InChI=1S/C34H46Br2N14O6S2/c35-19-13-21(47-27(51)5-1-3-9-43-33(39)40)29(57-11-7-37)22(14-19)49-31(53)25-17-26(46-18-45-25)32(54)50-24-16-20(36)15-23(30(24)58(55,56)12-8-38)48-28(52)6-2-4-10-44-34(41)42/h13-18H,1-12,37-38H2,(H,47,51)(H,48,52)(H,49,53)(H,50,54)(H4,39,40,43)(H4,41,42,44). The van der Waals surface area contributed by atoms with Crippen LogP contribution in [0.1, 0.15) is 59.5 Å². The predicted molar refractivity (Wildman–Crippen MR) is 233 cm³/mol. The fourth-order valence-corrected chi connectivity index (χ4v) is 8.26. The van der Waals surface area contributed by atoms with Crippen LogP contribution in [0.3, 0.4) is 0 Å². The predicted octanol–water partition coefficient (Wildman–Crippen LogP) is 2.05. The van der Waals surface area contributed by atoms with E-state index in [0.29, 0.717) is 76.3 Å². The molecule has 3 aromatic rings. The van der Waals surface area contributed by atoms with Crippen LogP contribution in [-0.2, 0) is 19.4 Å². The Labute approximate surface area is 356 Å². The van der Waals surface area contributed by atoms with Crippen molar-refractivity contribution in [3.8, 4) is 0 Å². The molecule has 314 valence electrons. The van der Waals surface area contributed by atoms with E-state index in [2.05, 4.69) is 73.1 Å². The highest BCUT2D eigenvalue weighted by molar-refractivity contribution is 9.10. The Morgan fingerprint density at radius 2 is 1.10 bits per heavy atom. The van der Waals surface area contributed by atoms with Crippen molar-refractivity contribution < 1.29 is 27.6 Å². The van der Waals surface area contributed by atoms with Crippen LogP contribution in [0, 0.1) is 0 Å². The minimum absolute atomic E-state index is 0.0234. The molecule has 0 bridgehead atoms. The first-order chi connectivity index (χ1) is 27.5. The zero-order chi connectivity index (χ0) is 42.8. The largest absolute Gasteiger partial charge is 0.370 e. The van der Waals surface area contributed by atoms with Gasteiger partial charge in [0.25, 0.3) is 11.8 Å². The lowest BCUT2D eigenvalue weighted by Gasteiger charge is -2.18. The lowest BCUT2D eigenvalue weighted by atomic mass is 10.2. The normalized spacial score (nSPS) is 11.0. The summed E-state index contributed by atoms with van der Waals surface area (Å²) in [6.07, 6.45) is 3.26. The molecule has 0 saturated carbocycles. The Kier molecular flexibility index (Phi) is 19.2. The highest BCUT2D eigenvalue weighted by Crippen LogP contribution is 2.38. The van der Waals surface area contributed by atoms with Crippen molar-refractivity contribution in [3.05, 3.63) is 57.0 Å². The van der Waals surface area contributed by atoms with Gasteiger partial charge in [-0.3, -0.25) is 29.2 Å². The maximum atomic E-state index is 13.6. The average Bonchev–Trinajstić information content (AvgIpc) is 3.13. The third-order valence-corrected chi connectivity index (χ3v) is 11.5. The second-order valence-electron chi connectivity index (χ2n) is 12.2. The zero-order valence-electron chi connectivity index (χ0n) is 31.2. The van der Waals surface area contributed by atoms with Gasteiger partial charge in [-0.1, -0.05) is 31.9 Å². The molecule has 1 heterocycles. The molecule has 0 fully saturated rings. The first kappa shape index (κ1) is 47.5. The summed E-state index contributed by atoms with van der Waals surface area (Å²) >= 11 is 8.06. The monoisotopic (exact) mass is 968 g/mol. The molecule has 20 nitrogen and oxygen atoms in total. The molecule has 4 amide bonds. The third-order valence-electron chi connectivity index (χ3n) is 7.56. The highest BCUT2D eigenvalue weighted by Gasteiger charge is 2.27. The lowest BCUT2D eigenvalue weighted by molar-refractivity contribution is -0.117. The van der Waals surface area contributed by atoms with E-state index >= 15 is 0 Å². The van der Waals surface area contributed by atoms with Crippen LogP contribution in [-0.4, -0.2) is 91.6 Å². The molecule has 3 rings (SSSR count). The van der Waals surface area contributed by atoms with Gasteiger partial charge in [-0.15, -0.1) is 11.8 Å². The van der Waals surface area contributed by atoms with E-state index in [1.165, 1.54) is 23.9 Å². The van der Waals surface area contributed by atoms with Crippen molar-refractivity contribution in [2.75, 3.05) is 59.0 Å². The van der Waals surface area contributed by atoms with Crippen molar-refractivity contribution in [2.24, 2.45) is 44.4 Å². The molecule has 2 aromatic carbocycles. The summed E-state index contributed by atoms with van der Waals surface area (Å²) in [4.78, 5) is 68.9. The first-order valence-corrected chi connectivity index (χ1v) is 21.8. The van der Waals surface area contributed by atoms with Gasteiger partial charge < -0.3 is 55.7 Å². The number of nitrogens with zero attached hydrogens (tertiary/aromatic N) is 4. The number of aromatic nitrogens is 2. The van der Waals surface area contributed by atoms with Crippen molar-refractivity contribution in [3.63, 3.8) is 0 Å². The van der Waals surface area contributed by atoms with Gasteiger partial charge in [-0.05, 0) is 49.9 Å². The maximum Gasteiger partial charge on any atom is 0.274 e. The number of nitrogens with two attached hydrogens (primary N) is 6. The summed E-state index contributed by atoms with van der Waals surface area (Å²) in [6.45, 7) is 0.768. The molecule has 0 aliphatic carbocycles. The van der Waals surface area contributed by atoms with Gasteiger partial charge in [0.1, 0.15) is 22.6 Å². The number of nitrogens with one attached hydrogen (secondary N) is 4. The molecule has 58 heavy (non-hydrogen) atoms. The molecule has 0 aliphatic heterocycles. The van der Waals surface area contributed by atoms with E-state index in [0.717, 1.165) is 12.4 Å². The Hall–Kier alpha value is -4.88. The Bertz CT molecular complexity index is 2130. The van der Waals surface area contributed by atoms with Gasteiger partial charge in [0.15, 0.2) is 21.8 Å². The van der Waals surface area contributed by atoms with Gasteiger partial charge in [0.05, 0.1) is 33.4 Å². The quantitative estimate of drug-likeness (QED) is 0.0298. The Morgan fingerprint density at radius 1 is 0.655 bits per heavy atom. The molecule has 0 atom stereocenters. The maximum absolute atomic E-state index is 13.6. The fourth-order valence-electron chi connectivity index (χ4n) is 5.08. The molecule has 1 aromatic heterocycles. The number of rotatable bonds is 22. The number of carbonyl (C=O) groups excluding carboxylic acids is 4. The first-order valence-electron chi connectivity index (χ1n) is 17.6. The number of carbonyl (C=O) groups is 4. The second kappa shape index (κ2) is 23.5. The minimum Gasteiger partial charge on any atom is -0.370 e. The Balaban J connectivity index is 1.87. The SMILES string of the molecule is NCCSc1c(NC(=O)CCCCN=C(N)N)cc(Br)cc1NC(=O)c1cc(C(=O)Nc2cc(Br)cc(NC(=O)CCCCN=C(N)N)c2S(=O)(=O)CCN)ncn1.